The van der Waals surface area contributed by atoms with Crippen LogP contribution in [0.2, 0.25) is 0 Å². The molecule has 2 N–H and O–H groups in total. The van der Waals surface area contributed by atoms with Gasteiger partial charge in [0.15, 0.2) is 11.5 Å². The zero-order chi connectivity index (χ0) is 13.6. The van der Waals surface area contributed by atoms with Crippen LogP contribution in [0.4, 0.5) is 0 Å². The number of hydrogen-bond acceptors (Lipinski definition) is 4. The van der Waals surface area contributed by atoms with Gasteiger partial charge in [-0.2, -0.15) is 0 Å². The molecular weight excluding hydrogens is 182 g/mol. The Morgan fingerprint density at radius 1 is 1.64 bits per heavy atom. The van der Waals surface area contributed by atoms with Crippen molar-refractivity contribution in [2.24, 2.45) is 5.73 Å². The molecule has 14 heavy (non-hydrogen) atoms. The Bertz CT molecular complexity index is 473. The van der Waals surface area contributed by atoms with Crippen LogP contribution in [0, 0.1) is 0 Å². The van der Waals surface area contributed by atoms with Gasteiger partial charge in [0.1, 0.15) is 2.74 Å². The van der Waals surface area contributed by atoms with E-state index in [0.29, 0.717) is 5.56 Å². The highest BCUT2D eigenvalue weighted by atomic mass is 16.7. The molecule has 0 unspecified atom stereocenters. The minimum absolute atomic E-state index is 0.0387. The van der Waals surface area contributed by atoms with Crippen LogP contribution in [0.15, 0.2) is 12.1 Å². The monoisotopic (exact) mass is 199 g/mol. The van der Waals surface area contributed by atoms with Crippen molar-refractivity contribution in [2.45, 2.75) is 6.42 Å². The zero-order valence-electron chi connectivity index (χ0n) is 11.7. The Hall–Kier alpha value is -1.42. The van der Waals surface area contributed by atoms with Crippen molar-refractivity contribution in [3.8, 4) is 17.2 Å². The lowest BCUT2D eigenvalue weighted by Gasteiger charge is -2.07. The number of benzene rings is 1. The highest BCUT2D eigenvalue weighted by Gasteiger charge is 2.19. The van der Waals surface area contributed by atoms with Gasteiger partial charge < -0.3 is 19.9 Å². The Morgan fingerprint density at radius 2 is 2.50 bits per heavy atom. The van der Waals surface area contributed by atoms with E-state index in [0.717, 1.165) is 0 Å². The summed E-state index contributed by atoms with van der Waals surface area (Å²) in [7, 11) is 1.41. The minimum Gasteiger partial charge on any atom is -0.493 e. The molecule has 1 aliphatic rings. The van der Waals surface area contributed by atoms with Crippen molar-refractivity contribution in [3.63, 3.8) is 0 Å². The van der Waals surface area contributed by atoms with Crippen LogP contribution < -0.4 is 19.9 Å². The third kappa shape index (κ3) is 1.48. The second-order valence-electron chi connectivity index (χ2n) is 2.79. The third-order valence-electron chi connectivity index (χ3n) is 1.90. The normalized spacial score (nSPS) is 21.9. The maximum atomic E-state index is 7.36. The molecule has 1 aliphatic heterocycles. The van der Waals surface area contributed by atoms with Crippen LogP contribution in [0.1, 0.15) is 11.0 Å². The van der Waals surface area contributed by atoms with Crippen LogP contribution >= 0.6 is 0 Å². The van der Waals surface area contributed by atoms with E-state index < -0.39 is 13.2 Å². The van der Waals surface area contributed by atoms with E-state index >= 15 is 0 Å². The van der Waals surface area contributed by atoms with Crippen molar-refractivity contribution in [1.82, 2.24) is 0 Å². The number of fused-ring (bicyclic) bond motifs is 1. The molecule has 4 nitrogen and oxygen atoms in total. The van der Waals surface area contributed by atoms with E-state index in [4.69, 9.17) is 25.4 Å². The van der Waals surface area contributed by atoms with Crippen molar-refractivity contribution >= 4 is 0 Å². The highest BCUT2D eigenvalue weighted by molar-refractivity contribution is 5.55. The zero-order valence-corrected chi connectivity index (χ0v) is 7.66. The second kappa shape index (κ2) is 3.75. The number of aryl methyl sites for hydroxylation is 1. The van der Waals surface area contributed by atoms with Gasteiger partial charge >= 0.3 is 0 Å². The first-order chi connectivity index (χ1) is 8.20. The maximum Gasteiger partial charge on any atom is 0.231 e. The molecule has 1 aromatic carbocycles. The molecule has 2 rings (SSSR count). The fourth-order valence-corrected chi connectivity index (χ4v) is 1.29. The summed E-state index contributed by atoms with van der Waals surface area (Å²) < 4.78 is 44.4. The van der Waals surface area contributed by atoms with E-state index in [1.807, 2.05) is 0 Å². The standard InChI is InChI=1S/C10H13NO3/c1-12-8-4-7(2-3-11)5-9-10(8)14-6-13-9/h4-5H,2-3,6,11H2,1H3/i3D2,6D2. The molecule has 0 saturated carbocycles. The Morgan fingerprint density at radius 3 is 3.21 bits per heavy atom. The van der Waals surface area contributed by atoms with Crippen LogP contribution in [0.25, 0.3) is 0 Å². The summed E-state index contributed by atoms with van der Waals surface area (Å²) in [5, 5.41) is 0. The Labute approximate surface area is 88.2 Å². The third-order valence-corrected chi connectivity index (χ3v) is 1.90. The first-order valence-electron chi connectivity index (χ1n) is 6.08. The fraction of sp³-hybridized carbons (Fsp3) is 0.400. The average Bonchev–Trinajstić information content (AvgIpc) is 2.48. The van der Waals surface area contributed by atoms with Gasteiger partial charge in [0.2, 0.25) is 12.5 Å². The lowest BCUT2D eigenvalue weighted by molar-refractivity contribution is 0.171. The topological polar surface area (TPSA) is 53.7 Å². The molecule has 1 aromatic rings. The predicted molar refractivity (Wildman–Crippen MR) is 51.9 cm³/mol. The second-order valence-corrected chi connectivity index (χ2v) is 2.79. The maximum absolute atomic E-state index is 7.36. The number of nitrogens with two attached hydrogens (primary N) is 1. The van der Waals surface area contributed by atoms with E-state index in [2.05, 4.69) is 0 Å². The average molecular weight is 199 g/mol. The summed E-state index contributed by atoms with van der Waals surface area (Å²) in [6.07, 6.45) is -0.0387. The van der Waals surface area contributed by atoms with Gasteiger partial charge in [0.05, 0.1) is 7.11 Å². The molecule has 4 heteroatoms. The molecule has 0 aliphatic carbocycles. The predicted octanol–water partition coefficient (Wildman–Crippen LogP) is 0.925. The Kier molecular flexibility index (Phi) is 1.46. The van der Waals surface area contributed by atoms with Crippen molar-refractivity contribution < 1.29 is 19.7 Å². The van der Waals surface area contributed by atoms with Crippen LogP contribution in [0.5, 0.6) is 17.2 Å². The van der Waals surface area contributed by atoms with Crippen LogP contribution in [-0.2, 0) is 6.42 Å². The lowest BCUT2D eigenvalue weighted by atomic mass is 10.1. The molecular formula is C10H13NO3. The summed E-state index contributed by atoms with van der Waals surface area (Å²) in [5.74, 6) is 0.635. The number of ether oxygens (including phenoxy) is 3. The summed E-state index contributed by atoms with van der Waals surface area (Å²) in [6.45, 7) is -4.10. The SMILES string of the molecule is [2H]C([2H])(N)Cc1cc(OC)c2c(c1)OC([2H])([2H])O2. The summed E-state index contributed by atoms with van der Waals surface area (Å²) in [5.41, 5.74) is 5.84. The first kappa shape index (κ1) is 5.46. The molecule has 0 aromatic heterocycles. The molecule has 0 atom stereocenters. The van der Waals surface area contributed by atoms with Gasteiger partial charge in [-0.1, -0.05) is 0 Å². The van der Waals surface area contributed by atoms with Gasteiger partial charge in [-0.15, -0.1) is 0 Å². The minimum atomic E-state index is -2.24. The molecule has 0 fully saturated rings. The lowest BCUT2D eigenvalue weighted by Crippen LogP contribution is -2.02. The quantitative estimate of drug-likeness (QED) is 0.786. The van der Waals surface area contributed by atoms with Gasteiger partial charge in [-0.05, 0) is 30.6 Å². The summed E-state index contributed by atoms with van der Waals surface area (Å²) in [4.78, 5) is 0. The molecule has 0 bridgehead atoms. The Balaban J connectivity index is 2.38. The van der Waals surface area contributed by atoms with E-state index in [1.165, 1.54) is 13.2 Å². The summed E-state index contributed by atoms with van der Waals surface area (Å²) >= 11 is 0. The fourth-order valence-electron chi connectivity index (χ4n) is 1.29. The van der Waals surface area contributed by atoms with Gasteiger partial charge in [-0.3, -0.25) is 0 Å². The van der Waals surface area contributed by atoms with Crippen molar-refractivity contribution in [1.29, 1.82) is 0 Å². The van der Waals surface area contributed by atoms with Gasteiger partial charge in [0.25, 0.3) is 0 Å². The highest BCUT2D eigenvalue weighted by Crippen LogP contribution is 2.41. The van der Waals surface area contributed by atoms with E-state index in [9.17, 15) is 0 Å². The number of hydrogen-bond donors (Lipinski definition) is 1. The van der Waals surface area contributed by atoms with Crippen molar-refractivity contribution in [3.05, 3.63) is 17.7 Å². The van der Waals surface area contributed by atoms with E-state index in [-0.39, 0.29) is 23.7 Å². The molecule has 76 valence electrons. The van der Waals surface area contributed by atoms with Crippen LogP contribution in [-0.4, -0.2) is 20.4 Å². The smallest absolute Gasteiger partial charge is 0.231 e. The van der Waals surface area contributed by atoms with E-state index in [1.54, 1.807) is 6.07 Å². The first-order valence-corrected chi connectivity index (χ1v) is 4.08. The molecule has 0 spiro atoms. The molecule has 0 amide bonds. The largest absolute Gasteiger partial charge is 0.493 e. The molecule has 0 saturated heterocycles. The van der Waals surface area contributed by atoms with Gasteiger partial charge in [0, 0.05) is 2.74 Å². The van der Waals surface area contributed by atoms with Crippen molar-refractivity contribution in [2.75, 3.05) is 20.4 Å². The molecule has 1 heterocycles. The van der Waals surface area contributed by atoms with Crippen LogP contribution in [0.3, 0.4) is 0 Å². The molecule has 0 radical (unpaired) electrons. The van der Waals surface area contributed by atoms with Gasteiger partial charge in [-0.25, -0.2) is 0 Å². The summed E-state index contributed by atoms with van der Waals surface area (Å²) in [6, 6.07) is 3.04. The number of methoxy groups -OCH3 is 1. The number of rotatable bonds is 3.